The van der Waals surface area contributed by atoms with Crippen LogP contribution in [0.15, 0.2) is 18.3 Å². The van der Waals surface area contributed by atoms with Crippen molar-refractivity contribution in [3.05, 3.63) is 24.2 Å². The maximum absolute atomic E-state index is 11.7. The number of carbonyl (C=O) groups is 1. The number of carbonyl (C=O) groups excluding carboxylic acids is 1. The van der Waals surface area contributed by atoms with Gasteiger partial charge < -0.3 is 9.88 Å². The van der Waals surface area contributed by atoms with Gasteiger partial charge in [-0.1, -0.05) is 0 Å². The zero-order valence-electron chi connectivity index (χ0n) is 10.6. The van der Waals surface area contributed by atoms with Gasteiger partial charge in [0.05, 0.1) is 6.42 Å². The number of aromatic nitrogens is 3. The summed E-state index contributed by atoms with van der Waals surface area (Å²) in [5.74, 6) is 0.416. The molecule has 2 heterocycles. The summed E-state index contributed by atoms with van der Waals surface area (Å²) in [5, 5.41) is 3.04. The number of hydrazine groups is 1. The van der Waals surface area contributed by atoms with Crippen LogP contribution in [-0.4, -0.2) is 32.6 Å². The fraction of sp³-hybridized carbons (Fsp3) is 0.273. The average molecular weight is 278 g/mol. The molecule has 0 unspecified atom stereocenters. The first-order valence-corrected chi connectivity index (χ1v) is 6.05. The Balaban J connectivity index is 2.07. The van der Waals surface area contributed by atoms with Crippen molar-refractivity contribution in [2.24, 2.45) is 7.05 Å². The number of hydrogen-bond acceptors (Lipinski definition) is 4. The highest BCUT2D eigenvalue weighted by Gasteiger charge is 2.12. The normalized spacial score (nSPS) is 10.2. The minimum atomic E-state index is -0.226. The van der Waals surface area contributed by atoms with E-state index in [2.05, 4.69) is 26.1 Å². The summed E-state index contributed by atoms with van der Waals surface area (Å²) in [5.41, 5.74) is 6.58. The highest BCUT2D eigenvalue weighted by atomic mass is 32.1. The van der Waals surface area contributed by atoms with Gasteiger partial charge in [0.15, 0.2) is 10.8 Å². The molecule has 0 atom stereocenters. The first-order valence-electron chi connectivity index (χ1n) is 5.64. The largest absolute Gasteiger partial charge is 0.364 e. The van der Waals surface area contributed by atoms with Crippen LogP contribution in [0, 0.1) is 0 Å². The Morgan fingerprint density at radius 2 is 2.26 bits per heavy atom. The Hall–Kier alpha value is -2.22. The predicted octanol–water partition coefficient (Wildman–Crippen LogP) is -0.364. The van der Waals surface area contributed by atoms with Gasteiger partial charge in [0.2, 0.25) is 5.91 Å². The molecule has 3 N–H and O–H groups in total. The van der Waals surface area contributed by atoms with Crippen molar-refractivity contribution in [1.82, 2.24) is 30.7 Å². The first-order chi connectivity index (χ1) is 9.11. The lowest BCUT2D eigenvalue weighted by Crippen LogP contribution is -2.46. The Labute approximate surface area is 115 Å². The third-order valence-electron chi connectivity index (χ3n) is 2.58. The average Bonchev–Trinajstić information content (AvgIpc) is 2.73. The van der Waals surface area contributed by atoms with Crippen LogP contribution < -0.4 is 16.2 Å². The fourth-order valence-electron chi connectivity index (χ4n) is 1.61. The number of nitrogens with zero attached hydrogens (tertiary/aromatic N) is 3. The molecule has 0 aromatic carbocycles. The minimum Gasteiger partial charge on any atom is -0.364 e. The van der Waals surface area contributed by atoms with Gasteiger partial charge in [-0.2, -0.15) is 0 Å². The van der Waals surface area contributed by atoms with E-state index in [4.69, 9.17) is 12.2 Å². The molecule has 0 aliphatic rings. The summed E-state index contributed by atoms with van der Waals surface area (Å²) in [6, 6.07) is 3.67. The standard InChI is InChI=1S/C11H14N6OS/c1-12-11(19)16-15-9(18)6-8-14-7-4-3-5-13-10(7)17(8)2/h3-5H,6H2,1-2H3,(H,15,18)(H2,12,16,19). The van der Waals surface area contributed by atoms with Gasteiger partial charge in [-0.15, -0.1) is 0 Å². The number of thiocarbonyl (C=S) groups is 1. The number of aryl methyl sites for hydroxylation is 1. The van der Waals surface area contributed by atoms with Crippen molar-refractivity contribution in [3.8, 4) is 0 Å². The van der Waals surface area contributed by atoms with Crippen LogP contribution in [-0.2, 0) is 18.3 Å². The van der Waals surface area contributed by atoms with E-state index in [9.17, 15) is 4.79 Å². The lowest BCUT2D eigenvalue weighted by atomic mass is 10.4. The smallest absolute Gasteiger partial charge is 0.245 e. The molecule has 7 nitrogen and oxygen atoms in total. The van der Waals surface area contributed by atoms with E-state index in [0.717, 1.165) is 11.2 Å². The molecule has 100 valence electrons. The van der Waals surface area contributed by atoms with Gasteiger partial charge in [-0.25, -0.2) is 9.97 Å². The van der Waals surface area contributed by atoms with E-state index in [1.165, 1.54) is 0 Å². The van der Waals surface area contributed by atoms with Crippen molar-refractivity contribution >= 4 is 34.4 Å². The molecular formula is C11H14N6OS. The highest BCUT2D eigenvalue weighted by molar-refractivity contribution is 7.80. The van der Waals surface area contributed by atoms with Crippen molar-refractivity contribution in [1.29, 1.82) is 0 Å². The lowest BCUT2D eigenvalue weighted by Gasteiger charge is -2.08. The SMILES string of the molecule is CNC(=S)NNC(=O)Cc1nc2cccnc2n1C. The Morgan fingerprint density at radius 1 is 1.47 bits per heavy atom. The van der Waals surface area contributed by atoms with E-state index in [0.29, 0.717) is 10.9 Å². The molecule has 8 heteroatoms. The van der Waals surface area contributed by atoms with Gasteiger partial charge in [0, 0.05) is 20.3 Å². The fourth-order valence-corrected chi connectivity index (χ4v) is 1.66. The Bertz CT molecular complexity index is 623. The number of amides is 1. The van der Waals surface area contributed by atoms with E-state index < -0.39 is 0 Å². The molecule has 0 bridgehead atoms. The number of fused-ring (bicyclic) bond motifs is 1. The van der Waals surface area contributed by atoms with Crippen LogP contribution in [0.1, 0.15) is 5.82 Å². The zero-order valence-corrected chi connectivity index (χ0v) is 11.4. The quantitative estimate of drug-likeness (QED) is 0.514. The Kier molecular flexibility index (Phi) is 3.91. The predicted molar refractivity (Wildman–Crippen MR) is 75.1 cm³/mol. The van der Waals surface area contributed by atoms with Gasteiger partial charge in [-0.3, -0.25) is 15.6 Å². The van der Waals surface area contributed by atoms with Gasteiger partial charge in [0.1, 0.15) is 11.3 Å². The van der Waals surface area contributed by atoms with E-state index >= 15 is 0 Å². The van der Waals surface area contributed by atoms with Crippen LogP contribution in [0.3, 0.4) is 0 Å². The summed E-state index contributed by atoms with van der Waals surface area (Å²) >= 11 is 4.85. The minimum absolute atomic E-state index is 0.145. The lowest BCUT2D eigenvalue weighted by molar-refractivity contribution is -0.121. The van der Waals surface area contributed by atoms with Gasteiger partial charge >= 0.3 is 0 Å². The van der Waals surface area contributed by atoms with Crippen molar-refractivity contribution < 1.29 is 4.79 Å². The molecule has 0 saturated carbocycles. The van der Waals surface area contributed by atoms with Gasteiger partial charge in [0.25, 0.3) is 0 Å². The van der Waals surface area contributed by atoms with E-state index in [1.54, 1.807) is 17.8 Å². The number of imidazole rings is 1. The third-order valence-corrected chi connectivity index (χ3v) is 2.89. The molecule has 0 aliphatic carbocycles. The second-order valence-electron chi connectivity index (χ2n) is 3.86. The van der Waals surface area contributed by atoms with Crippen molar-refractivity contribution in [2.75, 3.05) is 7.05 Å². The zero-order chi connectivity index (χ0) is 13.8. The topological polar surface area (TPSA) is 83.9 Å². The molecule has 2 rings (SSSR count). The molecule has 0 spiro atoms. The summed E-state index contributed by atoms with van der Waals surface area (Å²) in [6.45, 7) is 0. The van der Waals surface area contributed by atoms with E-state index in [1.807, 2.05) is 19.2 Å². The number of pyridine rings is 1. The third kappa shape index (κ3) is 2.97. The molecule has 0 saturated heterocycles. The van der Waals surface area contributed by atoms with Crippen LogP contribution in [0.2, 0.25) is 0 Å². The molecule has 0 aliphatic heterocycles. The first kappa shape index (κ1) is 13.2. The summed E-state index contributed by atoms with van der Waals surface area (Å²) < 4.78 is 1.80. The number of rotatable bonds is 2. The molecule has 19 heavy (non-hydrogen) atoms. The van der Waals surface area contributed by atoms with Crippen LogP contribution in [0.25, 0.3) is 11.2 Å². The maximum Gasteiger partial charge on any atom is 0.245 e. The van der Waals surface area contributed by atoms with Crippen molar-refractivity contribution in [2.45, 2.75) is 6.42 Å². The highest BCUT2D eigenvalue weighted by Crippen LogP contribution is 2.11. The summed E-state index contributed by atoms with van der Waals surface area (Å²) in [6.07, 6.45) is 1.84. The molecular weight excluding hydrogens is 264 g/mol. The summed E-state index contributed by atoms with van der Waals surface area (Å²) in [4.78, 5) is 20.3. The van der Waals surface area contributed by atoms with Crippen LogP contribution in [0.5, 0.6) is 0 Å². The monoisotopic (exact) mass is 278 g/mol. The molecule has 2 aromatic rings. The molecule has 0 fully saturated rings. The Morgan fingerprint density at radius 3 is 2.95 bits per heavy atom. The molecule has 0 radical (unpaired) electrons. The van der Waals surface area contributed by atoms with Crippen LogP contribution in [0.4, 0.5) is 0 Å². The van der Waals surface area contributed by atoms with Crippen LogP contribution >= 0.6 is 12.2 Å². The second kappa shape index (κ2) is 5.61. The molecule has 2 aromatic heterocycles. The van der Waals surface area contributed by atoms with Gasteiger partial charge in [-0.05, 0) is 24.4 Å². The maximum atomic E-state index is 11.7. The number of nitrogens with one attached hydrogen (secondary N) is 3. The number of hydrogen-bond donors (Lipinski definition) is 3. The molecule has 1 amide bonds. The van der Waals surface area contributed by atoms with E-state index in [-0.39, 0.29) is 12.3 Å². The van der Waals surface area contributed by atoms with Crippen molar-refractivity contribution in [3.63, 3.8) is 0 Å². The second-order valence-corrected chi connectivity index (χ2v) is 4.27. The summed E-state index contributed by atoms with van der Waals surface area (Å²) in [7, 11) is 3.50.